The lowest BCUT2D eigenvalue weighted by Gasteiger charge is -2.05. The molecular weight excluding hydrogens is 415 g/mol. The number of rotatable bonds is 7. The van der Waals surface area contributed by atoms with Gasteiger partial charge in [-0.3, -0.25) is 0 Å². The summed E-state index contributed by atoms with van der Waals surface area (Å²) in [5, 5.41) is 19.6. The van der Waals surface area contributed by atoms with E-state index in [9.17, 15) is 19.8 Å². The Labute approximate surface area is 167 Å². The number of halogens is 2. The van der Waals surface area contributed by atoms with Crippen molar-refractivity contribution < 1.29 is 19.8 Å². The van der Waals surface area contributed by atoms with Gasteiger partial charge in [-0.2, -0.15) is 0 Å². The van der Waals surface area contributed by atoms with E-state index >= 15 is 0 Å². The molecule has 4 nitrogen and oxygen atoms in total. The van der Waals surface area contributed by atoms with Gasteiger partial charge in [0.1, 0.15) is 9.81 Å². The maximum atomic E-state index is 11.5. The minimum Gasteiger partial charge on any atom is -0.477 e. The number of hydrogen-bond donors (Lipinski definition) is 2. The molecule has 0 fully saturated rings. The second kappa shape index (κ2) is 9.73. The van der Waals surface area contributed by atoms with Gasteiger partial charge in [-0.15, -0.1) is 0 Å². The first kappa shape index (κ1) is 20.5. The molecule has 0 aliphatic heterocycles. The third kappa shape index (κ3) is 5.85. The van der Waals surface area contributed by atoms with E-state index in [2.05, 4.69) is 0 Å². The van der Waals surface area contributed by atoms with Crippen LogP contribution in [0.25, 0.3) is 12.2 Å². The first-order valence-electron chi connectivity index (χ1n) is 7.12. The highest BCUT2D eigenvalue weighted by Gasteiger charge is 2.16. The highest BCUT2D eigenvalue weighted by molar-refractivity contribution is 8.80. The van der Waals surface area contributed by atoms with Crippen LogP contribution in [-0.2, 0) is 9.59 Å². The average Bonchev–Trinajstić information content (AvgIpc) is 2.60. The summed E-state index contributed by atoms with van der Waals surface area (Å²) in [5.41, 5.74) is 1.07. The molecule has 26 heavy (non-hydrogen) atoms. The molecule has 0 spiro atoms. The van der Waals surface area contributed by atoms with Crippen molar-refractivity contribution in [2.24, 2.45) is 0 Å². The zero-order valence-corrected chi connectivity index (χ0v) is 16.2. The number of hydrogen-bond acceptors (Lipinski definition) is 4. The Balaban J connectivity index is 2.26. The Kier molecular flexibility index (Phi) is 7.66. The molecule has 2 rings (SSSR count). The van der Waals surface area contributed by atoms with Crippen LogP contribution < -0.4 is 0 Å². The summed E-state index contributed by atoms with van der Waals surface area (Å²) >= 11 is 12.1. The van der Waals surface area contributed by atoms with E-state index in [1.54, 1.807) is 48.5 Å². The summed E-state index contributed by atoms with van der Waals surface area (Å²) in [5.74, 6) is -2.35. The second-order valence-corrected chi connectivity index (χ2v) is 7.86. The van der Waals surface area contributed by atoms with Crippen LogP contribution in [-0.4, -0.2) is 22.2 Å². The fraction of sp³-hybridized carbons (Fsp3) is 0. The molecule has 0 aliphatic rings. The normalized spacial score (nSPS) is 12.1. The van der Waals surface area contributed by atoms with E-state index in [4.69, 9.17) is 23.2 Å². The van der Waals surface area contributed by atoms with Crippen LogP contribution in [0.15, 0.2) is 58.3 Å². The van der Waals surface area contributed by atoms with Crippen molar-refractivity contribution >= 4 is 68.9 Å². The molecule has 0 aromatic heterocycles. The van der Waals surface area contributed by atoms with E-state index in [0.717, 1.165) is 21.6 Å². The molecule has 2 aromatic rings. The first-order valence-corrected chi connectivity index (χ1v) is 10.0. The number of carboxylic acids is 2. The van der Waals surface area contributed by atoms with Gasteiger partial charge >= 0.3 is 11.9 Å². The standard InChI is InChI=1S/C18H12Cl2O4S2/c19-13-7-3-1-5-11(13)9-15(17(21)22)25-26-16(18(23)24)10-12-6-2-4-8-14(12)20/h1-10H,(H,21,22)(H,23,24)/b15-9+,16-10+. The molecule has 0 radical (unpaired) electrons. The van der Waals surface area contributed by atoms with Gasteiger partial charge in [-0.25, -0.2) is 9.59 Å². The molecule has 134 valence electrons. The van der Waals surface area contributed by atoms with Gasteiger partial charge in [0.15, 0.2) is 0 Å². The summed E-state index contributed by atoms with van der Waals surface area (Å²) in [6, 6.07) is 13.6. The summed E-state index contributed by atoms with van der Waals surface area (Å²) < 4.78 is 0. The van der Waals surface area contributed by atoms with Crippen molar-refractivity contribution in [3.8, 4) is 0 Å². The third-order valence-electron chi connectivity index (χ3n) is 3.03. The topological polar surface area (TPSA) is 74.6 Å². The molecule has 0 saturated carbocycles. The average molecular weight is 427 g/mol. The lowest BCUT2D eigenvalue weighted by atomic mass is 10.2. The van der Waals surface area contributed by atoms with Crippen molar-refractivity contribution in [2.45, 2.75) is 0 Å². The molecule has 0 aliphatic carbocycles. The molecule has 0 atom stereocenters. The van der Waals surface area contributed by atoms with Crippen LogP contribution in [0.4, 0.5) is 0 Å². The molecular formula is C18H12Cl2O4S2. The quantitative estimate of drug-likeness (QED) is 0.422. The van der Waals surface area contributed by atoms with Crippen LogP contribution in [0.5, 0.6) is 0 Å². The summed E-state index contributed by atoms with van der Waals surface area (Å²) in [7, 11) is 1.64. The van der Waals surface area contributed by atoms with E-state index < -0.39 is 11.9 Å². The summed E-state index contributed by atoms with van der Waals surface area (Å²) in [6.45, 7) is 0. The van der Waals surface area contributed by atoms with Crippen molar-refractivity contribution in [1.82, 2.24) is 0 Å². The van der Waals surface area contributed by atoms with Gasteiger partial charge in [0.05, 0.1) is 0 Å². The lowest BCUT2D eigenvalue weighted by Crippen LogP contribution is -1.98. The third-order valence-corrected chi connectivity index (χ3v) is 6.07. The molecule has 8 heteroatoms. The monoisotopic (exact) mass is 426 g/mol. The Hall–Kier alpha value is -1.86. The van der Waals surface area contributed by atoms with Crippen LogP contribution in [0.3, 0.4) is 0 Å². The number of carboxylic acid groups (broad SMARTS) is 2. The second-order valence-electron chi connectivity index (χ2n) is 4.84. The fourth-order valence-corrected chi connectivity index (χ4v) is 4.11. The predicted molar refractivity (Wildman–Crippen MR) is 109 cm³/mol. The van der Waals surface area contributed by atoms with Crippen molar-refractivity contribution in [3.05, 3.63) is 79.5 Å². The van der Waals surface area contributed by atoms with Gasteiger partial charge in [-0.05, 0) is 57.0 Å². The van der Waals surface area contributed by atoms with Gasteiger partial charge < -0.3 is 10.2 Å². The van der Waals surface area contributed by atoms with Crippen LogP contribution in [0.2, 0.25) is 10.0 Å². The van der Waals surface area contributed by atoms with E-state index in [1.165, 1.54) is 12.2 Å². The minimum absolute atomic E-state index is 0.0468. The maximum absolute atomic E-state index is 11.5. The largest absolute Gasteiger partial charge is 0.477 e. The smallest absolute Gasteiger partial charge is 0.343 e. The predicted octanol–water partition coefficient (Wildman–Crippen LogP) is 5.93. The zero-order chi connectivity index (χ0) is 19.1. The minimum atomic E-state index is -1.18. The molecule has 2 aromatic carbocycles. The van der Waals surface area contributed by atoms with E-state index in [-0.39, 0.29) is 9.81 Å². The number of carbonyl (C=O) groups is 2. The van der Waals surface area contributed by atoms with Gasteiger partial charge in [-0.1, -0.05) is 59.6 Å². The molecule has 0 amide bonds. The molecule has 0 saturated heterocycles. The van der Waals surface area contributed by atoms with Gasteiger partial charge in [0.25, 0.3) is 0 Å². The highest BCUT2D eigenvalue weighted by atomic mass is 35.5. The summed E-state index contributed by atoms with van der Waals surface area (Å²) in [6.07, 6.45) is 2.80. The van der Waals surface area contributed by atoms with Crippen molar-refractivity contribution in [1.29, 1.82) is 0 Å². The van der Waals surface area contributed by atoms with Crippen molar-refractivity contribution in [3.63, 3.8) is 0 Å². The Morgan fingerprint density at radius 1 is 0.731 bits per heavy atom. The van der Waals surface area contributed by atoms with Crippen LogP contribution >= 0.6 is 44.8 Å². The number of benzene rings is 2. The van der Waals surface area contributed by atoms with E-state index in [1.807, 2.05) is 0 Å². The fourth-order valence-electron chi connectivity index (χ4n) is 1.80. The Morgan fingerprint density at radius 2 is 1.08 bits per heavy atom. The maximum Gasteiger partial charge on any atom is 0.343 e. The first-order chi connectivity index (χ1) is 12.4. The zero-order valence-electron chi connectivity index (χ0n) is 13.1. The molecule has 2 N–H and O–H groups in total. The molecule has 0 heterocycles. The van der Waals surface area contributed by atoms with Crippen LogP contribution in [0.1, 0.15) is 11.1 Å². The Morgan fingerprint density at radius 3 is 1.38 bits per heavy atom. The summed E-state index contributed by atoms with van der Waals surface area (Å²) in [4.78, 5) is 22.9. The van der Waals surface area contributed by atoms with Crippen molar-refractivity contribution in [2.75, 3.05) is 0 Å². The van der Waals surface area contributed by atoms with Crippen LogP contribution in [0, 0.1) is 0 Å². The lowest BCUT2D eigenvalue weighted by molar-refractivity contribution is -0.132. The van der Waals surface area contributed by atoms with E-state index in [0.29, 0.717) is 21.2 Å². The Bertz CT molecular complexity index is 821. The SMILES string of the molecule is O=C(O)/C(=C\c1ccccc1Cl)SS/C(=C/c1ccccc1Cl)C(=O)O. The highest BCUT2D eigenvalue weighted by Crippen LogP contribution is 2.39. The van der Waals surface area contributed by atoms with Gasteiger partial charge in [0.2, 0.25) is 0 Å². The molecule has 0 unspecified atom stereocenters. The molecule has 0 bridgehead atoms. The number of aliphatic carboxylic acids is 2. The van der Waals surface area contributed by atoms with Gasteiger partial charge in [0, 0.05) is 10.0 Å².